The number of fused-ring (bicyclic) bond motifs is 1. The molecule has 0 saturated carbocycles. The van der Waals surface area contributed by atoms with Crippen LogP contribution in [0.3, 0.4) is 0 Å². The minimum absolute atomic E-state index is 0.746. The average molecular weight is 213 g/mol. The van der Waals surface area contributed by atoms with Gasteiger partial charge in [-0.25, -0.2) is 9.97 Å². The molecule has 3 aromatic rings. The van der Waals surface area contributed by atoms with Gasteiger partial charge in [0.15, 0.2) is 5.65 Å². The number of furan rings is 1. The summed E-state index contributed by atoms with van der Waals surface area (Å²) >= 11 is 0. The molecule has 0 radical (unpaired) electrons. The molecule has 16 heavy (non-hydrogen) atoms. The minimum Gasteiger partial charge on any atom is -0.469 e. The van der Waals surface area contributed by atoms with E-state index in [9.17, 15) is 0 Å². The van der Waals surface area contributed by atoms with Crippen LogP contribution < -0.4 is 0 Å². The zero-order chi connectivity index (χ0) is 11.1. The lowest BCUT2D eigenvalue weighted by atomic mass is 10.2. The van der Waals surface area contributed by atoms with Crippen molar-refractivity contribution >= 4 is 11.2 Å². The van der Waals surface area contributed by atoms with Crippen LogP contribution in [-0.4, -0.2) is 15.0 Å². The van der Waals surface area contributed by atoms with Gasteiger partial charge < -0.3 is 9.40 Å². The first kappa shape index (κ1) is 9.15. The van der Waals surface area contributed by atoms with Gasteiger partial charge in [0.25, 0.3) is 0 Å². The van der Waals surface area contributed by atoms with Gasteiger partial charge >= 0.3 is 0 Å². The second-order valence-corrected chi connectivity index (χ2v) is 3.78. The van der Waals surface area contributed by atoms with Gasteiger partial charge in [0.1, 0.15) is 11.6 Å². The van der Waals surface area contributed by atoms with Crippen LogP contribution in [-0.2, 0) is 0 Å². The molecule has 0 aliphatic heterocycles. The Morgan fingerprint density at radius 3 is 2.75 bits per heavy atom. The third-order valence-electron chi connectivity index (χ3n) is 2.60. The molecule has 3 rings (SSSR count). The summed E-state index contributed by atoms with van der Waals surface area (Å²) in [6, 6.07) is 5.88. The molecule has 0 aliphatic rings. The number of imidazole rings is 1. The first-order chi connectivity index (χ1) is 7.74. The van der Waals surface area contributed by atoms with Gasteiger partial charge in [-0.1, -0.05) is 0 Å². The van der Waals surface area contributed by atoms with Crippen molar-refractivity contribution in [3.05, 3.63) is 36.0 Å². The molecule has 0 fully saturated rings. The number of pyridine rings is 1. The molecule has 0 aliphatic carbocycles. The predicted octanol–water partition coefficient (Wildman–Crippen LogP) is 2.83. The van der Waals surface area contributed by atoms with E-state index < -0.39 is 0 Å². The Morgan fingerprint density at radius 1 is 1.12 bits per heavy atom. The van der Waals surface area contributed by atoms with E-state index in [1.807, 2.05) is 32.0 Å². The molecule has 1 N–H and O–H groups in total. The molecule has 0 bridgehead atoms. The van der Waals surface area contributed by atoms with Crippen molar-refractivity contribution in [2.24, 2.45) is 0 Å². The highest BCUT2D eigenvalue weighted by molar-refractivity contribution is 5.75. The number of hydrogen-bond acceptors (Lipinski definition) is 3. The number of H-pyrrole nitrogens is 1. The van der Waals surface area contributed by atoms with Crippen LogP contribution in [0, 0.1) is 13.8 Å². The standard InChI is InChI=1S/C12H11N3O/c1-7-9(5-6-16-7)10-3-4-11-12(15-10)14-8(2)13-11/h3-6H,1-2H3,(H,13,14,15). The Bertz CT molecular complexity index is 651. The van der Waals surface area contributed by atoms with E-state index in [2.05, 4.69) is 15.0 Å². The van der Waals surface area contributed by atoms with Crippen LogP contribution in [0.1, 0.15) is 11.6 Å². The van der Waals surface area contributed by atoms with Crippen molar-refractivity contribution in [2.45, 2.75) is 13.8 Å². The van der Waals surface area contributed by atoms with Gasteiger partial charge in [-0.05, 0) is 32.0 Å². The van der Waals surface area contributed by atoms with Gasteiger partial charge in [-0.3, -0.25) is 0 Å². The Kier molecular flexibility index (Phi) is 1.83. The first-order valence-electron chi connectivity index (χ1n) is 5.12. The summed E-state index contributed by atoms with van der Waals surface area (Å²) in [7, 11) is 0. The monoisotopic (exact) mass is 213 g/mol. The van der Waals surface area contributed by atoms with E-state index >= 15 is 0 Å². The van der Waals surface area contributed by atoms with Crippen LogP contribution in [0.4, 0.5) is 0 Å². The maximum absolute atomic E-state index is 5.27. The molecule has 3 heterocycles. The maximum atomic E-state index is 5.27. The highest BCUT2D eigenvalue weighted by atomic mass is 16.3. The van der Waals surface area contributed by atoms with Crippen molar-refractivity contribution in [3.8, 4) is 11.3 Å². The lowest BCUT2D eigenvalue weighted by molar-refractivity contribution is 0.535. The largest absolute Gasteiger partial charge is 0.469 e. The number of aryl methyl sites for hydroxylation is 2. The minimum atomic E-state index is 0.746. The molecule has 0 saturated heterocycles. The third kappa shape index (κ3) is 1.31. The summed E-state index contributed by atoms with van der Waals surface area (Å²) in [5.74, 6) is 1.75. The summed E-state index contributed by atoms with van der Waals surface area (Å²) in [5, 5.41) is 0. The normalized spacial score (nSPS) is 11.1. The molecule has 80 valence electrons. The van der Waals surface area contributed by atoms with Crippen LogP contribution in [0.25, 0.3) is 22.4 Å². The smallest absolute Gasteiger partial charge is 0.178 e. The lowest BCUT2D eigenvalue weighted by Crippen LogP contribution is -1.84. The highest BCUT2D eigenvalue weighted by Crippen LogP contribution is 2.23. The Hall–Kier alpha value is -2.10. The third-order valence-corrected chi connectivity index (χ3v) is 2.60. The van der Waals surface area contributed by atoms with Gasteiger partial charge in [0.05, 0.1) is 17.5 Å². The summed E-state index contributed by atoms with van der Waals surface area (Å²) < 4.78 is 5.27. The van der Waals surface area contributed by atoms with E-state index in [0.717, 1.165) is 34.0 Å². The molecule has 0 amide bonds. The number of aromatic nitrogens is 3. The van der Waals surface area contributed by atoms with Crippen LogP contribution in [0.5, 0.6) is 0 Å². The van der Waals surface area contributed by atoms with Crippen LogP contribution >= 0.6 is 0 Å². The fraction of sp³-hybridized carbons (Fsp3) is 0.167. The SMILES string of the molecule is Cc1nc2nc(-c3ccoc3C)ccc2[nH]1. The van der Waals surface area contributed by atoms with E-state index in [1.165, 1.54) is 0 Å². The Morgan fingerprint density at radius 2 is 2.00 bits per heavy atom. The van der Waals surface area contributed by atoms with Gasteiger partial charge in [-0.15, -0.1) is 0 Å². The van der Waals surface area contributed by atoms with E-state index in [4.69, 9.17) is 4.42 Å². The summed E-state index contributed by atoms with van der Waals surface area (Å²) in [6.45, 7) is 3.85. The molecule has 4 heteroatoms. The van der Waals surface area contributed by atoms with E-state index in [-0.39, 0.29) is 0 Å². The van der Waals surface area contributed by atoms with Crippen molar-refractivity contribution < 1.29 is 4.42 Å². The van der Waals surface area contributed by atoms with Crippen LogP contribution in [0.15, 0.2) is 28.9 Å². The number of aromatic amines is 1. The van der Waals surface area contributed by atoms with E-state index in [1.54, 1.807) is 6.26 Å². The first-order valence-corrected chi connectivity index (χ1v) is 5.12. The Labute approximate surface area is 92.3 Å². The molecule has 0 atom stereocenters. The lowest BCUT2D eigenvalue weighted by Gasteiger charge is -1.97. The summed E-state index contributed by atoms with van der Waals surface area (Å²) in [6.07, 6.45) is 1.67. The van der Waals surface area contributed by atoms with Crippen LogP contribution in [0.2, 0.25) is 0 Å². The summed E-state index contributed by atoms with van der Waals surface area (Å²) in [4.78, 5) is 12.0. The number of rotatable bonds is 1. The highest BCUT2D eigenvalue weighted by Gasteiger charge is 2.08. The number of nitrogens with one attached hydrogen (secondary N) is 1. The molecule has 0 aromatic carbocycles. The molecule has 0 spiro atoms. The fourth-order valence-electron chi connectivity index (χ4n) is 1.81. The number of nitrogens with zero attached hydrogens (tertiary/aromatic N) is 2. The molecule has 4 nitrogen and oxygen atoms in total. The van der Waals surface area contributed by atoms with Crippen molar-refractivity contribution in [1.82, 2.24) is 15.0 Å². The maximum Gasteiger partial charge on any atom is 0.178 e. The van der Waals surface area contributed by atoms with Crippen molar-refractivity contribution in [1.29, 1.82) is 0 Å². The molecule has 3 aromatic heterocycles. The van der Waals surface area contributed by atoms with Gasteiger partial charge in [-0.2, -0.15) is 0 Å². The average Bonchev–Trinajstić information content (AvgIpc) is 2.81. The van der Waals surface area contributed by atoms with Crippen molar-refractivity contribution in [2.75, 3.05) is 0 Å². The zero-order valence-corrected chi connectivity index (χ0v) is 9.11. The fourth-order valence-corrected chi connectivity index (χ4v) is 1.81. The quantitative estimate of drug-likeness (QED) is 0.676. The molecule has 0 unspecified atom stereocenters. The topological polar surface area (TPSA) is 54.7 Å². The van der Waals surface area contributed by atoms with Gasteiger partial charge in [0, 0.05) is 5.56 Å². The molecular formula is C12H11N3O. The Balaban J connectivity index is 2.22. The number of hydrogen-bond donors (Lipinski definition) is 1. The molecular weight excluding hydrogens is 202 g/mol. The van der Waals surface area contributed by atoms with Gasteiger partial charge in [0.2, 0.25) is 0 Å². The second-order valence-electron chi connectivity index (χ2n) is 3.78. The zero-order valence-electron chi connectivity index (χ0n) is 9.11. The summed E-state index contributed by atoms with van der Waals surface area (Å²) in [5.41, 5.74) is 3.62. The second kappa shape index (κ2) is 3.20. The van der Waals surface area contributed by atoms with E-state index in [0.29, 0.717) is 0 Å². The predicted molar refractivity (Wildman–Crippen MR) is 61.1 cm³/mol. The van der Waals surface area contributed by atoms with Crippen molar-refractivity contribution in [3.63, 3.8) is 0 Å².